The van der Waals surface area contributed by atoms with E-state index in [0.717, 1.165) is 44.6 Å². The summed E-state index contributed by atoms with van der Waals surface area (Å²) in [5.74, 6) is -1.49. The summed E-state index contributed by atoms with van der Waals surface area (Å²) in [6.07, 6.45) is -1.31. The van der Waals surface area contributed by atoms with Gasteiger partial charge < -0.3 is 5.11 Å². The summed E-state index contributed by atoms with van der Waals surface area (Å²) in [5.41, 5.74) is 1.35. The Hall–Kier alpha value is -3.37. The van der Waals surface area contributed by atoms with Crippen LogP contribution in [0.25, 0.3) is 17.0 Å². The number of hydrogen-bond donors (Lipinski definition) is 1. The van der Waals surface area contributed by atoms with Crippen LogP contribution in [0.15, 0.2) is 66.7 Å². The number of alkyl halides is 3. The summed E-state index contributed by atoms with van der Waals surface area (Å²) in [6, 6.07) is 15.1. The molecule has 0 aliphatic rings. The Labute approximate surface area is 222 Å². The second kappa shape index (κ2) is 10.1. The maximum Gasteiger partial charge on any atom is 0.416 e. The van der Waals surface area contributed by atoms with Crippen LogP contribution in [0.5, 0.6) is 0 Å². The van der Waals surface area contributed by atoms with Crippen molar-refractivity contribution >= 4 is 44.3 Å². The highest BCUT2D eigenvalue weighted by atomic mass is 32.2. The van der Waals surface area contributed by atoms with Gasteiger partial charge in [0.2, 0.25) is 10.0 Å². The van der Waals surface area contributed by atoms with Gasteiger partial charge in [-0.05, 0) is 52.9 Å². The third-order valence-corrected chi connectivity index (χ3v) is 8.71. The average Bonchev–Trinajstić information content (AvgIpc) is 3.42. The van der Waals surface area contributed by atoms with Crippen LogP contribution in [-0.2, 0) is 28.0 Å². The summed E-state index contributed by atoms with van der Waals surface area (Å²) >= 11 is 0.989. The van der Waals surface area contributed by atoms with Crippen LogP contribution in [-0.4, -0.2) is 29.2 Å². The topological polar surface area (TPSA) is 76.4 Å². The van der Waals surface area contributed by atoms with Crippen molar-refractivity contribution in [2.75, 3.05) is 5.75 Å². The second-order valence-electron chi connectivity index (χ2n) is 9.98. The zero-order chi connectivity index (χ0) is 27.9. The molecule has 10 heteroatoms. The molecule has 4 rings (SSSR count). The van der Waals surface area contributed by atoms with Gasteiger partial charge in [-0.2, -0.15) is 13.2 Å². The van der Waals surface area contributed by atoms with Gasteiger partial charge >= 0.3 is 12.1 Å². The van der Waals surface area contributed by atoms with Gasteiger partial charge in [0.15, 0.2) is 0 Å². The third-order valence-electron chi connectivity index (χ3n) is 6.03. The van der Waals surface area contributed by atoms with E-state index in [0.29, 0.717) is 4.88 Å². The first-order valence-corrected chi connectivity index (χ1v) is 14.1. The summed E-state index contributed by atoms with van der Waals surface area (Å²) in [7, 11) is -4.02. The maximum atomic E-state index is 13.5. The molecular weight excluding hydrogens is 535 g/mol. The molecule has 0 saturated carbocycles. The molecule has 5 nitrogen and oxygen atoms in total. The summed E-state index contributed by atoms with van der Waals surface area (Å²) in [6.45, 7) is 6.24. The second-order valence-corrected chi connectivity index (χ2v) is 13.0. The first kappa shape index (κ1) is 27.7. The zero-order valence-corrected chi connectivity index (χ0v) is 22.5. The lowest BCUT2D eigenvalue weighted by atomic mass is 9.86. The molecule has 0 radical (unpaired) electrons. The molecule has 0 unspecified atom stereocenters. The number of thiophene rings is 1. The van der Waals surface area contributed by atoms with E-state index in [1.54, 1.807) is 12.1 Å². The first-order valence-electron chi connectivity index (χ1n) is 11.7. The first-order chi connectivity index (χ1) is 17.6. The van der Waals surface area contributed by atoms with Crippen molar-refractivity contribution in [2.24, 2.45) is 0 Å². The Balaban J connectivity index is 1.73. The minimum Gasteiger partial charge on any atom is -0.477 e. The largest absolute Gasteiger partial charge is 0.477 e. The number of carboxylic acids is 1. The summed E-state index contributed by atoms with van der Waals surface area (Å²) in [4.78, 5) is 11.9. The molecule has 200 valence electrons. The Kier molecular flexibility index (Phi) is 7.33. The maximum absolute atomic E-state index is 13.5. The van der Waals surface area contributed by atoms with Gasteiger partial charge in [-0.25, -0.2) is 17.2 Å². The van der Waals surface area contributed by atoms with E-state index in [1.165, 1.54) is 18.2 Å². The lowest BCUT2D eigenvalue weighted by Gasteiger charge is -2.19. The molecule has 0 saturated heterocycles. The van der Waals surface area contributed by atoms with Crippen LogP contribution in [0.1, 0.15) is 57.7 Å². The highest BCUT2D eigenvalue weighted by Crippen LogP contribution is 2.34. The number of carbonyl (C=O) groups is 1. The smallest absolute Gasteiger partial charge is 0.416 e. The lowest BCUT2D eigenvalue weighted by molar-refractivity contribution is -0.137. The Morgan fingerprint density at radius 2 is 1.74 bits per heavy atom. The van der Waals surface area contributed by atoms with Crippen molar-refractivity contribution in [1.29, 1.82) is 0 Å². The molecule has 0 amide bonds. The number of aromatic nitrogens is 1. The van der Waals surface area contributed by atoms with Gasteiger partial charge in [-0.1, -0.05) is 57.2 Å². The quantitative estimate of drug-likeness (QED) is 0.259. The molecule has 38 heavy (non-hydrogen) atoms. The van der Waals surface area contributed by atoms with Crippen LogP contribution in [0.2, 0.25) is 0 Å². The van der Waals surface area contributed by atoms with Crippen molar-refractivity contribution in [3.63, 3.8) is 0 Å². The predicted molar refractivity (Wildman–Crippen MR) is 144 cm³/mol. The molecule has 4 aromatic rings. The van der Waals surface area contributed by atoms with Crippen LogP contribution in [0.3, 0.4) is 0 Å². The molecule has 1 N–H and O–H groups in total. The minimum atomic E-state index is -4.58. The van der Waals surface area contributed by atoms with E-state index >= 15 is 0 Å². The number of benzene rings is 2. The highest BCUT2D eigenvalue weighted by Gasteiger charge is 2.31. The van der Waals surface area contributed by atoms with Gasteiger partial charge in [0.25, 0.3) is 0 Å². The molecule has 0 spiro atoms. The standard InChI is InChI=1S/C28H26F3NO4S2/c1-27(2,3)20-8-4-6-18(14-20)7-5-13-38(35,36)32-22(17-23-10-12-25(37-23)26(33)34)16-19-15-21(28(29,30)31)9-11-24(19)32/h4-12,14-16H,13,17H2,1-3H3,(H,33,34). The number of carboxylic acid groups (broad SMARTS) is 1. The molecule has 0 bridgehead atoms. The zero-order valence-electron chi connectivity index (χ0n) is 20.9. The molecule has 2 aromatic carbocycles. The van der Waals surface area contributed by atoms with Crippen molar-refractivity contribution in [3.05, 3.63) is 98.9 Å². The van der Waals surface area contributed by atoms with Crippen LogP contribution in [0, 0.1) is 0 Å². The molecule has 0 aliphatic heterocycles. The molecular formula is C28H26F3NO4S2. The molecule has 0 atom stereocenters. The van der Waals surface area contributed by atoms with E-state index in [1.807, 2.05) is 24.3 Å². The highest BCUT2D eigenvalue weighted by molar-refractivity contribution is 7.90. The monoisotopic (exact) mass is 561 g/mol. The van der Waals surface area contributed by atoms with Gasteiger partial charge in [-0.15, -0.1) is 11.3 Å². The number of nitrogens with zero attached hydrogens (tertiary/aromatic N) is 1. The van der Waals surface area contributed by atoms with E-state index in [2.05, 4.69) is 20.8 Å². The third kappa shape index (κ3) is 6.02. The Bertz CT molecular complexity index is 1640. The Morgan fingerprint density at radius 1 is 1.00 bits per heavy atom. The van der Waals surface area contributed by atoms with E-state index in [4.69, 9.17) is 0 Å². The van der Waals surface area contributed by atoms with Gasteiger partial charge in [0, 0.05) is 22.4 Å². The number of hydrogen-bond acceptors (Lipinski definition) is 4. The molecule has 0 aliphatic carbocycles. The van der Waals surface area contributed by atoms with E-state index in [-0.39, 0.29) is 39.1 Å². The number of aromatic carboxylic acids is 1. The van der Waals surface area contributed by atoms with Gasteiger partial charge in [0.1, 0.15) is 4.88 Å². The summed E-state index contributed by atoms with van der Waals surface area (Å²) in [5, 5.41) is 9.35. The molecule has 2 heterocycles. The fraction of sp³-hybridized carbons (Fsp3) is 0.250. The van der Waals surface area contributed by atoms with Crippen LogP contribution < -0.4 is 0 Å². The minimum absolute atomic E-state index is 0.0462. The lowest BCUT2D eigenvalue weighted by Crippen LogP contribution is -2.18. The fourth-order valence-electron chi connectivity index (χ4n) is 4.13. The fourth-order valence-corrected chi connectivity index (χ4v) is 6.42. The van der Waals surface area contributed by atoms with Crippen molar-refractivity contribution in [1.82, 2.24) is 3.97 Å². The van der Waals surface area contributed by atoms with E-state index < -0.39 is 27.7 Å². The number of fused-ring (bicyclic) bond motifs is 1. The number of halogens is 3. The molecule has 0 fully saturated rings. The van der Waals surface area contributed by atoms with Crippen molar-refractivity contribution in [2.45, 2.75) is 38.8 Å². The predicted octanol–water partition coefficient (Wildman–Crippen LogP) is 7.20. The van der Waals surface area contributed by atoms with Gasteiger partial charge in [0.05, 0.1) is 16.8 Å². The summed E-state index contributed by atoms with van der Waals surface area (Å²) < 4.78 is 68.1. The van der Waals surface area contributed by atoms with E-state index in [9.17, 15) is 31.5 Å². The average molecular weight is 562 g/mol. The SMILES string of the molecule is CC(C)(C)c1cccc(C=CCS(=O)(=O)n2c(Cc3ccc(C(=O)O)s3)cc3cc(C(F)(F)F)ccc32)c1. The van der Waals surface area contributed by atoms with Gasteiger partial charge in [-0.3, -0.25) is 0 Å². The number of rotatable bonds is 7. The van der Waals surface area contributed by atoms with Crippen LogP contribution in [0.4, 0.5) is 13.2 Å². The van der Waals surface area contributed by atoms with Crippen molar-refractivity contribution < 1.29 is 31.5 Å². The van der Waals surface area contributed by atoms with Crippen LogP contribution >= 0.6 is 11.3 Å². The van der Waals surface area contributed by atoms with Crippen molar-refractivity contribution in [3.8, 4) is 0 Å². The molecule has 2 aromatic heterocycles. The normalized spacial score (nSPS) is 13.0. The Morgan fingerprint density at radius 3 is 2.37 bits per heavy atom.